The minimum atomic E-state index is -0.993. The van der Waals surface area contributed by atoms with Gasteiger partial charge < -0.3 is 9.84 Å². The van der Waals surface area contributed by atoms with Crippen LogP contribution in [0.2, 0.25) is 0 Å². The van der Waals surface area contributed by atoms with Crippen molar-refractivity contribution in [2.24, 2.45) is 0 Å². The smallest absolute Gasteiger partial charge is 0.310 e. The number of hydrogen-bond acceptors (Lipinski definition) is 6. The number of benzene rings is 1. The SMILES string of the molecule is Cc1ccc(C)c(OCC(=O)Nc2nnc(CC(=O)O)s2)c1. The molecule has 0 aliphatic carbocycles. The van der Waals surface area contributed by atoms with E-state index in [1.165, 1.54) is 0 Å². The van der Waals surface area contributed by atoms with Crippen LogP contribution in [0, 0.1) is 13.8 Å². The lowest BCUT2D eigenvalue weighted by atomic mass is 10.1. The van der Waals surface area contributed by atoms with Gasteiger partial charge in [0, 0.05) is 0 Å². The summed E-state index contributed by atoms with van der Waals surface area (Å²) in [5.74, 6) is -0.717. The van der Waals surface area contributed by atoms with E-state index in [4.69, 9.17) is 9.84 Å². The fourth-order valence-electron chi connectivity index (χ4n) is 1.67. The third-order valence-corrected chi connectivity index (χ3v) is 3.56. The first kappa shape index (κ1) is 15.9. The highest BCUT2D eigenvalue weighted by molar-refractivity contribution is 7.15. The zero-order valence-electron chi connectivity index (χ0n) is 12.1. The first-order valence-corrected chi connectivity index (χ1v) is 7.30. The molecule has 0 radical (unpaired) electrons. The average Bonchev–Trinajstić information content (AvgIpc) is 2.86. The number of nitrogens with one attached hydrogen (secondary N) is 1. The van der Waals surface area contributed by atoms with Crippen LogP contribution >= 0.6 is 11.3 Å². The lowest BCUT2D eigenvalue weighted by Gasteiger charge is -2.09. The Morgan fingerprint density at radius 3 is 2.82 bits per heavy atom. The summed E-state index contributed by atoms with van der Waals surface area (Å²) in [6.45, 7) is 3.69. The Balaban J connectivity index is 1.89. The van der Waals surface area contributed by atoms with Gasteiger partial charge in [-0.2, -0.15) is 0 Å². The summed E-state index contributed by atoms with van der Waals surface area (Å²) in [5.41, 5.74) is 1.99. The zero-order chi connectivity index (χ0) is 16.1. The number of carboxylic acid groups (broad SMARTS) is 1. The molecule has 1 aromatic heterocycles. The minimum absolute atomic E-state index is 0.155. The molecule has 7 nitrogen and oxygen atoms in total. The van der Waals surface area contributed by atoms with Crippen molar-refractivity contribution < 1.29 is 19.4 Å². The molecule has 2 aromatic rings. The van der Waals surface area contributed by atoms with Crippen molar-refractivity contribution in [3.05, 3.63) is 34.3 Å². The Morgan fingerprint density at radius 2 is 2.09 bits per heavy atom. The number of aryl methyl sites for hydroxylation is 2. The summed E-state index contributed by atoms with van der Waals surface area (Å²) in [6, 6.07) is 5.75. The summed E-state index contributed by atoms with van der Waals surface area (Å²) < 4.78 is 5.47. The Labute approximate surface area is 131 Å². The molecule has 0 saturated carbocycles. The molecule has 0 unspecified atom stereocenters. The van der Waals surface area contributed by atoms with Gasteiger partial charge in [-0.15, -0.1) is 10.2 Å². The van der Waals surface area contributed by atoms with Gasteiger partial charge >= 0.3 is 5.97 Å². The first-order chi connectivity index (χ1) is 10.4. The second-order valence-electron chi connectivity index (χ2n) is 4.68. The number of carboxylic acids is 1. The second kappa shape index (κ2) is 6.99. The average molecular weight is 321 g/mol. The number of nitrogens with zero attached hydrogens (tertiary/aromatic N) is 2. The predicted molar refractivity (Wildman–Crippen MR) is 81.3 cm³/mol. The number of aliphatic carboxylic acids is 1. The van der Waals surface area contributed by atoms with Crippen LogP contribution in [-0.2, 0) is 16.0 Å². The van der Waals surface area contributed by atoms with E-state index in [-0.39, 0.29) is 24.1 Å². The molecule has 0 fully saturated rings. The van der Waals surface area contributed by atoms with E-state index in [0.29, 0.717) is 10.8 Å². The third-order valence-electron chi connectivity index (χ3n) is 2.72. The summed E-state index contributed by atoms with van der Waals surface area (Å²) in [7, 11) is 0. The summed E-state index contributed by atoms with van der Waals surface area (Å²) in [4.78, 5) is 22.4. The number of anilines is 1. The highest BCUT2D eigenvalue weighted by Crippen LogP contribution is 2.19. The number of carbonyl (C=O) groups excluding carboxylic acids is 1. The van der Waals surface area contributed by atoms with E-state index in [1.807, 2.05) is 32.0 Å². The van der Waals surface area contributed by atoms with Crippen molar-refractivity contribution in [2.45, 2.75) is 20.3 Å². The van der Waals surface area contributed by atoms with Crippen molar-refractivity contribution in [1.29, 1.82) is 0 Å². The van der Waals surface area contributed by atoms with Crippen LogP contribution in [0.15, 0.2) is 18.2 Å². The summed E-state index contributed by atoms with van der Waals surface area (Å²) in [6.07, 6.45) is -0.216. The van der Waals surface area contributed by atoms with E-state index in [9.17, 15) is 9.59 Å². The molecule has 116 valence electrons. The Morgan fingerprint density at radius 1 is 1.32 bits per heavy atom. The normalized spacial score (nSPS) is 10.3. The van der Waals surface area contributed by atoms with Crippen LogP contribution in [0.3, 0.4) is 0 Å². The van der Waals surface area contributed by atoms with Gasteiger partial charge in [-0.05, 0) is 31.0 Å². The van der Waals surface area contributed by atoms with Crippen LogP contribution in [0.5, 0.6) is 5.75 Å². The molecule has 0 spiro atoms. The van der Waals surface area contributed by atoms with Gasteiger partial charge in [-0.25, -0.2) is 0 Å². The fraction of sp³-hybridized carbons (Fsp3) is 0.286. The number of carbonyl (C=O) groups is 2. The monoisotopic (exact) mass is 321 g/mol. The van der Waals surface area contributed by atoms with Gasteiger partial charge in [0.2, 0.25) is 5.13 Å². The molecule has 1 aromatic carbocycles. The maximum atomic E-state index is 11.8. The third kappa shape index (κ3) is 4.52. The molecule has 0 aliphatic heterocycles. The molecule has 0 bridgehead atoms. The van der Waals surface area contributed by atoms with Gasteiger partial charge in [0.1, 0.15) is 10.8 Å². The Bertz CT molecular complexity index is 699. The van der Waals surface area contributed by atoms with Crippen molar-refractivity contribution in [3.8, 4) is 5.75 Å². The Hall–Kier alpha value is -2.48. The molecule has 2 rings (SSSR count). The van der Waals surface area contributed by atoms with E-state index < -0.39 is 5.97 Å². The van der Waals surface area contributed by atoms with E-state index in [1.54, 1.807) is 0 Å². The second-order valence-corrected chi connectivity index (χ2v) is 5.74. The molecule has 1 heterocycles. The number of amides is 1. The van der Waals surface area contributed by atoms with Gasteiger partial charge in [-0.1, -0.05) is 23.5 Å². The topological polar surface area (TPSA) is 101 Å². The predicted octanol–water partition coefficient (Wildman–Crippen LogP) is 1.80. The largest absolute Gasteiger partial charge is 0.483 e. The van der Waals surface area contributed by atoms with Crippen molar-refractivity contribution in [3.63, 3.8) is 0 Å². The first-order valence-electron chi connectivity index (χ1n) is 6.48. The van der Waals surface area contributed by atoms with Crippen LogP contribution in [0.25, 0.3) is 0 Å². The standard InChI is InChI=1S/C14H15N3O4S/c1-8-3-4-9(2)10(5-8)21-7-11(18)15-14-17-16-12(22-14)6-13(19)20/h3-5H,6-7H2,1-2H3,(H,19,20)(H,15,17,18). The summed E-state index contributed by atoms with van der Waals surface area (Å²) >= 11 is 1.03. The number of hydrogen-bond donors (Lipinski definition) is 2. The van der Waals surface area contributed by atoms with Crippen molar-refractivity contribution in [1.82, 2.24) is 10.2 Å². The molecular weight excluding hydrogens is 306 g/mol. The quantitative estimate of drug-likeness (QED) is 0.841. The van der Waals surface area contributed by atoms with Crippen LogP contribution in [-0.4, -0.2) is 33.8 Å². The number of aromatic nitrogens is 2. The summed E-state index contributed by atoms with van der Waals surface area (Å²) in [5, 5.41) is 19.2. The molecule has 2 N–H and O–H groups in total. The van der Waals surface area contributed by atoms with Crippen LogP contribution in [0.4, 0.5) is 5.13 Å². The van der Waals surface area contributed by atoms with Crippen LogP contribution < -0.4 is 10.1 Å². The molecule has 8 heteroatoms. The maximum Gasteiger partial charge on any atom is 0.310 e. The lowest BCUT2D eigenvalue weighted by molar-refractivity contribution is -0.136. The fourth-order valence-corrected chi connectivity index (χ4v) is 2.41. The molecule has 0 atom stereocenters. The number of ether oxygens (including phenoxy) is 1. The molecule has 1 amide bonds. The van der Waals surface area contributed by atoms with Gasteiger partial charge in [0.05, 0.1) is 6.42 Å². The Kier molecular flexibility index (Phi) is 5.05. The van der Waals surface area contributed by atoms with Gasteiger partial charge in [0.15, 0.2) is 6.61 Å². The van der Waals surface area contributed by atoms with Crippen molar-refractivity contribution >= 4 is 28.3 Å². The van der Waals surface area contributed by atoms with Gasteiger partial charge in [-0.3, -0.25) is 14.9 Å². The van der Waals surface area contributed by atoms with Crippen LogP contribution in [0.1, 0.15) is 16.1 Å². The van der Waals surface area contributed by atoms with E-state index in [0.717, 1.165) is 22.5 Å². The maximum absolute atomic E-state index is 11.8. The van der Waals surface area contributed by atoms with Gasteiger partial charge in [0.25, 0.3) is 5.91 Å². The molecule has 22 heavy (non-hydrogen) atoms. The van der Waals surface area contributed by atoms with E-state index >= 15 is 0 Å². The van der Waals surface area contributed by atoms with Crippen molar-refractivity contribution in [2.75, 3.05) is 11.9 Å². The highest BCUT2D eigenvalue weighted by atomic mass is 32.1. The zero-order valence-corrected chi connectivity index (χ0v) is 12.9. The number of rotatable bonds is 6. The minimum Gasteiger partial charge on any atom is -0.483 e. The highest BCUT2D eigenvalue weighted by Gasteiger charge is 2.11. The van der Waals surface area contributed by atoms with E-state index in [2.05, 4.69) is 15.5 Å². The molecule has 0 saturated heterocycles. The lowest BCUT2D eigenvalue weighted by Crippen LogP contribution is -2.20. The molecule has 0 aliphatic rings. The molecular formula is C14H15N3O4S.